The second kappa shape index (κ2) is 9.07. The topological polar surface area (TPSA) is 83.2 Å². The summed E-state index contributed by atoms with van der Waals surface area (Å²) in [6.45, 7) is 4.18. The number of hydrazine groups is 2. The molecule has 0 unspecified atom stereocenters. The van der Waals surface area contributed by atoms with E-state index in [1.165, 1.54) is 34.1 Å². The smallest absolute Gasteiger partial charge is 0.337 e. The number of fused-ring (bicyclic) bond motifs is 1. The van der Waals surface area contributed by atoms with Crippen molar-refractivity contribution >= 4 is 17.4 Å². The van der Waals surface area contributed by atoms with Crippen LogP contribution in [-0.2, 0) is 24.3 Å². The molecule has 0 atom stereocenters. The van der Waals surface area contributed by atoms with Gasteiger partial charge in [-0.1, -0.05) is 29.4 Å². The molecule has 1 aliphatic rings. The molecule has 2 aromatic rings. The summed E-state index contributed by atoms with van der Waals surface area (Å²) >= 11 is 0. The Labute approximate surface area is 172 Å². The van der Waals surface area contributed by atoms with Crippen molar-refractivity contribution in [2.75, 3.05) is 19.4 Å². The van der Waals surface area contributed by atoms with Crippen molar-refractivity contribution in [3.8, 4) is 0 Å². The molecule has 0 fully saturated rings. The Morgan fingerprint density at radius 2 is 1.97 bits per heavy atom. The number of nitrogens with one attached hydrogen (secondary N) is 1. The van der Waals surface area contributed by atoms with E-state index >= 15 is 0 Å². The molecule has 7 nitrogen and oxygen atoms in total. The van der Waals surface area contributed by atoms with Crippen LogP contribution in [0.3, 0.4) is 0 Å². The van der Waals surface area contributed by atoms with Gasteiger partial charge in [0, 0.05) is 25.3 Å². The third-order valence-electron chi connectivity index (χ3n) is 5.35. The molecule has 3 N–H and O–H groups in total. The van der Waals surface area contributed by atoms with Crippen LogP contribution < -0.4 is 11.2 Å². The van der Waals surface area contributed by atoms with Gasteiger partial charge < -0.3 is 10.2 Å². The molecule has 0 saturated heterocycles. The molecule has 0 saturated carbocycles. The first-order chi connectivity index (χ1) is 13.9. The van der Waals surface area contributed by atoms with Crippen molar-refractivity contribution in [1.82, 2.24) is 10.1 Å². The van der Waals surface area contributed by atoms with E-state index in [0.29, 0.717) is 5.69 Å². The number of urea groups is 1. The summed E-state index contributed by atoms with van der Waals surface area (Å²) in [5.41, 5.74) is 7.33. The average Bonchev–Trinajstić information content (AvgIpc) is 3.16. The number of anilines is 1. The lowest BCUT2D eigenvalue weighted by Gasteiger charge is -2.24. The van der Waals surface area contributed by atoms with Crippen molar-refractivity contribution < 1.29 is 9.63 Å². The van der Waals surface area contributed by atoms with Crippen LogP contribution in [0.4, 0.5) is 10.5 Å². The summed E-state index contributed by atoms with van der Waals surface area (Å²) < 4.78 is 0. The van der Waals surface area contributed by atoms with Crippen molar-refractivity contribution in [1.29, 1.82) is 0 Å². The number of nitrogens with two attached hydrogens (primary N) is 1. The quantitative estimate of drug-likeness (QED) is 0.445. The molecule has 0 bridgehead atoms. The van der Waals surface area contributed by atoms with Crippen molar-refractivity contribution in [3.63, 3.8) is 0 Å². The van der Waals surface area contributed by atoms with Crippen molar-refractivity contribution in [2.45, 2.75) is 39.7 Å². The number of rotatable bonds is 6. The Morgan fingerprint density at radius 3 is 2.72 bits per heavy atom. The first-order valence-corrected chi connectivity index (χ1v) is 9.77. The maximum atomic E-state index is 12.3. The minimum atomic E-state index is -0.334. The summed E-state index contributed by atoms with van der Waals surface area (Å²) in [6, 6.07) is 11.9. The van der Waals surface area contributed by atoms with Gasteiger partial charge in [0.2, 0.25) is 0 Å². The minimum absolute atomic E-state index is 0.257. The number of benzene rings is 2. The van der Waals surface area contributed by atoms with Crippen LogP contribution >= 0.6 is 0 Å². The zero-order valence-corrected chi connectivity index (χ0v) is 17.5. The third-order valence-corrected chi connectivity index (χ3v) is 5.35. The van der Waals surface area contributed by atoms with Crippen LogP contribution in [0.15, 0.2) is 41.6 Å². The lowest BCUT2D eigenvalue weighted by atomic mass is 10.0. The second-order valence-electron chi connectivity index (χ2n) is 7.42. The number of hydrogen-bond acceptors (Lipinski definition) is 5. The van der Waals surface area contributed by atoms with E-state index in [2.05, 4.69) is 28.7 Å². The molecule has 0 aliphatic heterocycles. The standard InChI is InChI=1S/C22H29N5O2/c1-15-7-5-10-21(24-22(28)26(3)27(4)23)20(15)14-29-25-16(2)18-12-11-17-8-6-9-19(17)13-18/h5,7,10-13H,6,8-9,14,23H2,1-4H3,(H,24,28)/b25-16-. The van der Waals surface area contributed by atoms with Crippen LogP contribution in [0, 0.1) is 6.92 Å². The summed E-state index contributed by atoms with van der Waals surface area (Å²) in [7, 11) is 3.18. The normalized spacial score (nSPS) is 13.4. The van der Waals surface area contributed by atoms with Crippen LogP contribution in [-0.4, -0.2) is 36.0 Å². The Morgan fingerprint density at radius 1 is 1.21 bits per heavy atom. The summed E-state index contributed by atoms with van der Waals surface area (Å²) in [5.74, 6) is 5.62. The number of oxime groups is 1. The van der Waals surface area contributed by atoms with Crippen LogP contribution in [0.5, 0.6) is 0 Å². The Hall–Kier alpha value is -2.90. The number of aryl methyl sites for hydroxylation is 3. The molecule has 7 heteroatoms. The Balaban J connectivity index is 1.70. The lowest BCUT2D eigenvalue weighted by Crippen LogP contribution is -2.47. The molecular weight excluding hydrogens is 366 g/mol. The van der Waals surface area contributed by atoms with E-state index in [9.17, 15) is 4.79 Å². The van der Waals surface area contributed by atoms with Gasteiger partial charge in [0.05, 0.1) is 5.71 Å². The summed E-state index contributed by atoms with van der Waals surface area (Å²) in [6.07, 6.45) is 3.53. The minimum Gasteiger partial charge on any atom is -0.391 e. The highest BCUT2D eigenvalue weighted by atomic mass is 16.6. The maximum Gasteiger partial charge on any atom is 0.337 e. The first-order valence-electron chi connectivity index (χ1n) is 9.77. The fraction of sp³-hybridized carbons (Fsp3) is 0.364. The second-order valence-corrected chi connectivity index (χ2v) is 7.42. The molecule has 0 spiro atoms. The van der Waals surface area contributed by atoms with Gasteiger partial charge in [0.25, 0.3) is 0 Å². The molecule has 154 valence electrons. The molecule has 0 aromatic heterocycles. The average molecular weight is 396 g/mol. The Bertz CT molecular complexity index is 923. The van der Waals surface area contributed by atoms with E-state index in [0.717, 1.165) is 28.8 Å². The highest BCUT2D eigenvalue weighted by Crippen LogP contribution is 2.24. The Kier molecular flexibility index (Phi) is 6.51. The lowest BCUT2D eigenvalue weighted by molar-refractivity contribution is 0.0705. The predicted octanol–water partition coefficient (Wildman–Crippen LogP) is 3.61. The third kappa shape index (κ3) is 4.93. The van der Waals surface area contributed by atoms with Gasteiger partial charge in [0.15, 0.2) is 0 Å². The number of hydrogen-bond donors (Lipinski definition) is 2. The molecule has 0 heterocycles. The fourth-order valence-electron chi connectivity index (χ4n) is 3.39. The largest absolute Gasteiger partial charge is 0.391 e. The molecule has 1 aliphatic carbocycles. The molecule has 29 heavy (non-hydrogen) atoms. The summed E-state index contributed by atoms with van der Waals surface area (Å²) in [5, 5.41) is 9.67. The van der Waals surface area contributed by atoms with Crippen LogP contribution in [0.2, 0.25) is 0 Å². The number of carbonyl (C=O) groups excluding carboxylic acids is 1. The van der Waals surface area contributed by atoms with Gasteiger partial charge in [0.1, 0.15) is 6.61 Å². The van der Waals surface area contributed by atoms with Gasteiger partial charge in [-0.25, -0.2) is 9.80 Å². The van der Waals surface area contributed by atoms with Crippen LogP contribution in [0.25, 0.3) is 0 Å². The first kappa shape index (κ1) is 20.8. The van der Waals surface area contributed by atoms with E-state index in [-0.39, 0.29) is 12.6 Å². The zero-order chi connectivity index (χ0) is 21.0. The van der Waals surface area contributed by atoms with E-state index in [4.69, 9.17) is 10.7 Å². The van der Waals surface area contributed by atoms with Crippen molar-refractivity contribution in [3.05, 3.63) is 64.2 Å². The molecular formula is C22H29N5O2. The number of amides is 2. The molecule has 0 radical (unpaired) electrons. The van der Waals surface area contributed by atoms with Gasteiger partial charge in [-0.05, 0) is 67.5 Å². The van der Waals surface area contributed by atoms with Gasteiger partial charge in [-0.15, -0.1) is 0 Å². The maximum absolute atomic E-state index is 12.3. The van der Waals surface area contributed by atoms with Crippen molar-refractivity contribution in [2.24, 2.45) is 11.0 Å². The monoisotopic (exact) mass is 395 g/mol. The zero-order valence-electron chi connectivity index (χ0n) is 17.5. The van der Waals surface area contributed by atoms with Gasteiger partial charge in [-0.3, -0.25) is 5.84 Å². The summed E-state index contributed by atoms with van der Waals surface area (Å²) in [4.78, 5) is 18.0. The highest BCUT2D eigenvalue weighted by Gasteiger charge is 2.15. The highest BCUT2D eigenvalue weighted by molar-refractivity contribution is 5.98. The van der Waals surface area contributed by atoms with E-state index < -0.39 is 0 Å². The number of carbonyl (C=O) groups is 1. The van der Waals surface area contributed by atoms with Crippen LogP contribution in [0.1, 0.15) is 41.2 Å². The van der Waals surface area contributed by atoms with Gasteiger partial charge >= 0.3 is 6.03 Å². The molecule has 2 amide bonds. The van der Waals surface area contributed by atoms with E-state index in [1.807, 2.05) is 32.0 Å². The predicted molar refractivity (Wildman–Crippen MR) is 115 cm³/mol. The molecule has 3 rings (SSSR count). The SMILES string of the molecule is C/C(=N/OCc1c(C)cccc1NC(=O)N(C)N(C)N)c1ccc2c(c1)CCC2. The number of nitrogens with zero attached hydrogens (tertiary/aromatic N) is 3. The van der Waals surface area contributed by atoms with Gasteiger partial charge in [-0.2, -0.15) is 5.12 Å². The molecule has 2 aromatic carbocycles. The van der Waals surface area contributed by atoms with E-state index in [1.54, 1.807) is 14.1 Å². The fourth-order valence-corrected chi connectivity index (χ4v) is 3.39.